The summed E-state index contributed by atoms with van der Waals surface area (Å²) in [4.78, 5) is 35.3. The predicted molar refractivity (Wildman–Crippen MR) is 89.9 cm³/mol. The molecular weight excluding hydrogens is 322 g/mol. The molecule has 2 amide bonds. The van der Waals surface area contributed by atoms with Crippen LogP contribution in [0.2, 0.25) is 0 Å². The van der Waals surface area contributed by atoms with Crippen LogP contribution in [0.5, 0.6) is 0 Å². The van der Waals surface area contributed by atoms with Crippen LogP contribution in [0.15, 0.2) is 48.5 Å². The van der Waals surface area contributed by atoms with Gasteiger partial charge in [0.05, 0.1) is 17.2 Å². The molecule has 0 atom stereocenters. The van der Waals surface area contributed by atoms with Crippen molar-refractivity contribution < 1.29 is 19.1 Å². The molecule has 25 heavy (non-hydrogen) atoms. The van der Waals surface area contributed by atoms with E-state index in [1.165, 1.54) is 25.2 Å². The van der Waals surface area contributed by atoms with E-state index < -0.39 is 18.5 Å². The smallest absolute Gasteiger partial charge is 0.338 e. The molecule has 126 valence electrons. The highest BCUT2D eigenvalue weighted by molar-refractivity contribution is 5.98. The number of nitrogens with one attached hydrogen (secondary N) is 2. The van der Waals surface area contributed by atoms with E-state index in [-0.39, 0.29) is 11.5 Å². The van der Waals surface area contributed by atoms with Crippen LogP contribution in [-0.4, -0.2) is 31.4 Å². The SMILES string of the molecule is CNC(=O)c1cccc(NC(=O)COC(=O)c2cccc(C#N)c2)c1. The summed E-state index contributed by atoms with van der Waals surface area (Å²) in [6.07, 6.45) is 0. The second-order valence-corrected chi connectivity index (χ2v) is 4.98. The Bertz CT molecular complexity index is 855. The molecule has 2 rings (SSSR count). The summed E-state index contributed by atoms with van der Waals surface area (Å²) in [6.45, 7) is -0.486. The Morgan fingerprint density at radius 2 is 1.80 bits per heavy atom. The molecule has 0 spiro atoms. The molecule has 2 N–H and O–H groups in total. The first kappa shape index (κ1) is 17.7. The largest absolute Gasteiger partial charge is 0.452 e. The van der Waals surface area contributed by atoms with E-state index in [0.29, 0.717) is 16.8 Å². The van der Waals surface area contributed by atoms with Crippen molar-refractivity contribution >= 4 is 23.5 Å². The number of carbonyl (C=O) groups excluding carboxylic acids is 3. The van der Waals surface area contributed by atoms with Crippen LogP contribution in [0.1, 0.15) is 26.3 Å². The minimum atomic E-state index is -0.702. The Morgan fingerprint density at radius 3 is 2.52 bits per heavy atom. The van der Waals surface area contributed by atoms with Gasteiger partial charge in [-0.25, -0.2) is 4.79 Å². The first-order valence-electron chi connectivity index (χ1n) is 7.33. The molecule has 0 bridgehead atoms. The topological polar surface area (TPSA) is 108 Å². The Labute approximate surface area is 144 Å². The summed E-state index contributed by atoms with van der Waals surface area (Å²) in [5.74, 6) is -1.52. The molecular formula is C18H15N3O4. The van der Waals surface area contributed by atoms with Gasteiger partial charge in [-0.3, -0.25) is 9.59 Å². The lowest BCUT2D eigenvalue weighted by atomic mass is 10.1. The van der Waals surface area contributed by atoms with E-state index in [9.17, 15) is 14.4 Å². The van der Waals surface area contributed by atoms with Gasteiger partial charge in [0.1, 0.15) is 0 Å². The molecule has 0 aliphatic carbocycles. The third-order valence-electron chi connectivity index (χ3n) is 3.20. The number of nitriles is 1. The number of amides is 2. The third-order valence-corrected chi connectivity index (χ3v) is 3.20. The van der Waals surface area contributed by atoms with Crippen molar-refractivity contribution in [1.29, 1.82) is 5.26 Å². The van der Waals surface area contributed by atoms with E-state index in [2.05, 4.69) is 10.6 Å². The maximum absolute atomic E-state index is 11.9. The van der Waals surface area contributed by atoms with Gasteiger partial charge >= 0.3 is 5.97 Å². The van der Waals surface area contributed by atoms with E-state index >= 15 is 0 Å². The van der Waals surface area contributed by atoms with Gasteiger partial charge in [-0.1, -0.05) is 12.1 Å². The summed E-state index contributed by atoms with van der Waals surface area (Å²) < 4.78 is 4.92. The number of anilines is 1. The molecule has 7 heteroatoms. The minimum Gasteiger partial charge on any atom is -0.452 e. The highest BCUT2D eigenvalue weighted by Gasteiger charge is 2.11. The van der Waals surface area contributed by atoms with Crippen molar-refractivity contribution in [2.75, 3.05) is 19.0 Å². The van der Waals surface area contributed by atoms with Gasteiger partial charge in [0.15, 0.2) is 6.61 Å². The average Bonchev–Trinajstić information content (AvgIpc) is 2.65. The molecule has 2 aromatic carbocycles. The molecule has 0 saturated heterocycles. The lowest BCUT2D eigenvalue weighted by Crippen LogP contribution is -2.22. The molecule has 0 aromatic heterocycles. The van der Waals surface area contributed by atoms with Crippen molar-refractivity contribution in [3.63, 3.8) is 0 Å². The molecule has 0 aliphatic rings. The van der Waals surface area contributed by atoms with Crippen LogP contribution >= 0.6 is 0 Å². The van der Waals surface area contributed by atoms with Crippen molar-refractivity contribution in [3.05, 3.63) is 65.2 Å². The maximum atomic E-state index is 11.9. The monoisotopic (exact) mass is 337 g/mol. The first-order valence-corrected chi connectivity index (χ1v) is 7.33. The molecule has 0 radical (unpaired) electrons. The second kappa shape index (κ2) is 8.26. The number of nitrogens with zero attached hydrogens (tertiary/aromatic N) is 1. The Kier molecular flexibility index (Phi) is 5.85. The Morgan fingerprint density at radius 1 is 1.08 bits per heavy atom. The highest BCUT2D eigenvalue weighted by Crippen LogP contribution is 2.11. The van der Waals surface area contributed by atoms with E-state index in [1.54, 1.807) is 30.3 Å². The van der Waals surface area contributed by atoms with Crippen LogP contribution in [0.3, 0.4) is 0 Å². The van der Waals surface area contributed by atoms with Crippen LogP contribution in [0.25, 0.3) is 0 Å². The highest BCUT2D eigenvalue weighted by atomic mass is 16.5. The summed E-state index contributed by atoms with van der Waals surface area (Å²) >= 11 is 0. The molecule has 7 nitrogen and oxygen atoms in total. The van der Waals surface area contributed by atoms with Crippen LogP contribution < -0.4 is 10.6 Å². The summed E-state index contributed by atoms with van der Waals surface area (Å²) in [5.41, 5.74) is 1.32. The number of rotatable bonds is 5. The standard InChI is InChI=1S/C18H15N3O4/c1-20-17(23)13-5-3-7-15(9-13)21-16(22)11-25-18(24)14-6-2-4-12(8-14)10-19/h2-9H,11H2,1H3,(H,20,23)(H,21,22). The fraction of sp³-hybridized carbons (Fsp3) is 0.111. The molecule has 0 unspecified atom stereocenters. The zero-order valence-corrected chi connectivity index (χ0v) is 13.4. The number of esters is 1. The molecule has 2 aromatic rings. The fourth-order valence-corrected chi connectivity index (χ4v) is 2.01. The lowest BCUT2D eigenvalue weighted by molar-refractivity contribution is -0.119. The number of hydrogen-bond acceptors (Lipinski definition) is 5. The normalized spacial score (nSPS) is 9.60. The van der Waals surface area contributed by atoms with E-state index in [1.807, 2.05) is 6.07 Å². The van der Waals surface area contributed by atoms with Crippen LogP contribution in [0.4, 0.5) is 5.69 Å². The number of hydrogen-bond donors (Lipinski definition) is 2. The third kappa shape index (κ3) is 4.91. The van der Waals surface area contributed by atoms with Gasteiger partial charge in [-0.05, 0) is 36.4 Å². The Hall–Kier alpha value is -3.66. The fourth-order valence-electron chi connectivity index (χ4n) is 2.01. The van der Waals surface area contributed by atoms with Crippen molar-refractivity contribution in [3.8, 4) is 6.07 Å². The summed E-state index contributed by atoms with van der Waals surface area (Å²) in [5, 5.41) is 13.8. The molecule has 0 aliphatic heterocycles. The van der Waals surface area contributed by atoms with Crippen molar-refractivity contribution in [2.24, 2.45) is 0 Å². The number of benzene rings is 2. The molecule has 0 fully saturated rings. The van der Waals surface area contributed by atoms with Gasteiger partial charge in [-0.2, -0.15) is 5.26 Å². The van der Waals surface area contributed by atoms with Gasteiger partial charge in [0, 0.05) is 18.3 Å². The summed E-state index contributed by atoms with van der Waals surface area (Å²) in [6, 6.07) is 14.3. The number of ether oxygens (including phenoxy) is 1. The predicted octanol–water partition coefficient (Wildman–Crippen LogP) is 1.71. The van der Waals surface area contributed by atoms with Crippen LogP contribution in [0, 0.1) is 11.3 Å². The minimum absolute atomic E-state index is 0.188. The molecule has 0 heterocycles. The Balaban J connectivity index is 1.93. The quantitative estimate of drug-likeness (QED) is 0.808. The zero-order chi connectivity index (χ0) is 18.2. The average molecular weight is 337 g/mol. The lowest BCUT2D eigenvalue weighted by Gasteiger charge is -2.08. The van der Waals surface area contributed by atoms with Gasteiger partial charge in [0.2, 0.25) is 0 Å². The van der Waals surface area contributed by atoms with Crippen molar-refractivity contribution in [2.45, 2.75) is 0 Å². The first-order chi connectivity index (χ1) is 12.0. The zero-order valence-electron chi connectivity index (χ0n) is 13.4. The van der Waals surface area contributed by atoms with Gasteiger partial charge in [0.25, 0.3) is 11.8 Å². The molecule has 0 saturated carbocycles. The van der Waals surface area contributed by atoms with Crippen LogP contribution in [-0.2, 0) is 9.53 Å². The van der Waals surface area contributed by atoms with Gasteiger partial charge < -0.3 is 15.4 Å². The van der Waals surface area contributed by atoms with Crippen molar-refractivity contribution in [1.82, 2.24) is 5.32 Å². The van der Waals surface area contributed by atoms with E-state index in [0.717, 1.165) is 0 Å². The van der Waals surface area contributed by atoms with Gasteiger partial charge in [-0.15, -0.1) is 0 Å². The summed E-state index contributed by atoms with van der Waals surface area (Å²) in [7, 11) is 1.51. The van der Waals surface area contributed by atoms with E-state index in [4.69, 9.17) is 10.00 Å². The second-order valence-electron chi connectivity index (χ2n) is 4.98. The number of carbonyl (C=O) groups is 3. The maximum Gasteiger partial charge on any atom is 0.338 e.